The maximum atomic E-state index is 12.3. The van der Waals surface area contributed by atoms with Gasteiger partial charge in [0, 0.05) is 30.5 Å². The van der Waals surface area contributed by atoms with E-state index in [4.69, 9.17) is 4.74 Å². The minimum atomic E-state index is -0.173. The molecule has 1 amide bonds. The molecule has 6 nitrogen and oxygen atoms in total. The van der Waals surface area contributed by atoms with Gasteiger partial charge in [-0.25, -0.2) is 4.98 Å². The van der Waals surface area contributed by atoms with Gasteiger partial charge in [-0.05, 0) is 50.5 Å². The zero-order chi connectivity index (χ0) is 16.7. The number of carbonyl (C=O) groups is 1. The standard InChI is InChI=1S/C17H22N4O2/c1-21(2)11-10-19-16-12-13(8-9-18-16)17(22)20-14-4-6-15(23-3)7-5-14/h4-9,12H,10-11H2,1-3H3,(H,18,19)(H,20,22). The van der Waals surface area contributed by atoms with Crippen molar-refractivity contribution < 1.29 is 9.53 Å². The molecule has 2 N–H and O–H groups in total. The fourth-order valence-electron chi connectivity index (χ4n) is 1.95. The van der Waals surface area contributed by atoms with Gasteiger partial charge in [0.25, 0.3) is 5.91 Å². The molecule has 122 valence electrons. The maximum Gasteiger partial charge on any atom is 0.255 e. The molecular formula is C17H22N4O2. The van der Waals surface area contributed by atoms with E-state index in [1.807, 2.05) is 14.1 Å². The fourth-order valence-corrected chi connectivity index (χ4v) is 1.95. The van der Waals surface area contributed by atoms with Crippen molar-refractivity contribution in [1.29, 1.82) is 0 Å². The van der Waals surface area contributed by atoms with Crippen LogP contribution in [-0.2, 0) is 0 Å². The van der Waals surface area contributed by atoms with E-state index in [2.05, 4.69) is 20.5 Å². The third-order valence-electron chi connectivity index (χ3n) is 3.24. The Morgan fingerprint density at radius 3 is 2.61 bits per heavy atom. The molecule has 2 rings (SSSR count). The Balaban J connectivity index is 1.98. The quantitative estimate of drug-likeness (QED) is 0.821. The molecule has 0 aliphatic rings. The van der Waals surface area contributed by atoms with Crippen molar-refractivity contribution in [3.05, 3.63) is 48.2 Å². The third-order valence-corrected chi connectivity index (χ3v) is 3.24. The summed E-state index contributed by atoms with van der Waals surface area (Å²) in [5.41, 5.74) is 1.28. The first kappa shape index (κ1) is 16.8. The van der Waals surface area contributed by atoms with Gasteiger partial charge in [0.15, 0.2) is 0 Å². The number of ether oxygens (including phenoxy) is 1. The Labute approximate surface area is 136 Å². The van der Waals surface area contributed by atoms with Gasteiger partial charge in [-0.1, -0.05) is 0 Å². The van der Waals surface area contributed by atoms with Crippen LogP contribution in [0.3, 0.4) is 0 Å². The molecule has 0 atom stereocenters. The number of amides is 1. The minimum Gasteiger partial charge on any atom is -0.497 e. The average Bonchev–Trinajstić information content (AvgIpc) is 2.55. The summed E-state index contributed by atoms with van der Waals surface area (Å²) in [7, 11) is 5.62. The predicted molar refractivity (Wildman–Crippen MR) is 92.2 cm³/mol. The number of nitrogens with zero attached hydrogens (tertiary/aromatic N) is 2. The zero-order valence-corrected chi connectivity index (χ0v) is 13.7. The lowest BCUT2D eigenvalue weighted by Crippen LogP contribution is -2.21. The van der Waals surface area contributed by atoms with E-state index in [1.165, 1.54) is 0 Å². The largest absolute Gasteiger partial charge is 0.497 e. The van der Waals surface area contributed by atoms with E-state index < -0.39 is 0 Å². The Morgan fingerprint density at radius 1 is 1.22 bits per heavy atom. The number of pyridine rings is 1. The molecule has 0 unspecified atom stereocenters. The third kappa shape index (κ3) is 5.27. The highest BCUT2D eigenvalue weighted by Gasteiger charge is 2.07. The van der Waals surface area contributed by atoms with Crippen LogP contribution in [0.1, 0.15) is 10.4 Å². The molecule has 6 heteroatoms. The van der Waals surface area contributed by atoms with Gasteiger partial charge < -0.3 is 20.3 Å². The SMILES string of the molecule is COc1ccc(NC(=O)c2ccnc(NCCN(C)C)c2)cc1. The highest BCUT2D eigenvalue weighted by molar-refractivity contribution is 6.04. The zero-order valence-electron chi connectivity index (χ0n) is 13.7. The number of hydrogen-bond acceptors (Lipinski definition) is 5. The first-order valence-corrected chi connectivity index (χ1v) is 7.38. The predicted octanol–water partition coefficient (Wildman–Crippen LogP) is 2.32. The van der Waals surface area contributed by atoms with Gasteiger partial charge >= 0.3 is 0 Å². The second-order valence-electron chi connectivity index (χ2n) is 5.34. The normalized spacial score (nSPS) is 10.4. The molecule has 0 aliphatic carbocycles. The summed E-state index contributed by atoms with van der Waals surface area (Å²) in [6, 6.07) is 10.6. The van der Waals surface area contributed by atoms with Gasteiger partial charge in [-0.2, -0.15) is 0 Å². The molecule has 1 aromatic heterocycles. The van der Waals surface area contributed by atoms with Crippen molar-refractivity contribution >= 4 is 17.4 Å². The molecular weight excluding hydrogens is 292 g/mol. The number of nitrogens with one attached hydrogen (secondary N) is 2. The van der Waals surface area contributed by atoms with Crippen LogP contribution in [0.5, 0.6) is 5.75 Å². The van der Waals surface area contributed by atoms with Crippen LogP contribution in [0.15, 0.2) is 42.6 Å². The van der Waals surface area contributed by atoms with Crippen molar-refractivity contribution in [2.75, 3.05) is 44.9 Å². The van der Waals surface area contributed by atoms with Gasteiger partial charge in [0.1, 0.15) is 11.6 Å². The number of rotatable bonds is 7. The van der Waals surface area contributed by atoms with E-state index in [-0.39, 0.29) is 5.91 Å². The summed E-state index contributed by atoms with van der Waals surface area (Å²) in [4.78, 5) is 18.6. The first-order chi connectivity index (χ1) is 11.1. The van der Waals surface area contributed by atoms with E-state index in [1.54, 1.807) is 49.7 Å². The van der Waals surface area contributed by atoms with Crippen LogP contribution < -0.4 is 15.4 Å². The van der Waals surface area contributed by atoms with Gasteiger partial charge in [0.2, 0.25) is 0 Å². The molecule has 2 aromatic rings. The topological polar surface area (TPSA) is 66.5 Å². The first-order valence-electron chi connectivity index (χ1n) is 7.38. The number of carbonyl (C=O) groups excluding carboxylic acids is 1. The second kappa shape index (κ2) is 8.14. The summed E-state index contributed by atoms with van der Waals surface area (Å²) >= 11 is 0. The Kier molecular flexibility index (Phi) is 5.94. The number of methoxy groups -OCH3 is 1. The van der Waals surface area contributed by atoms with Crippen LogP contribution in [0.25, 0.3) is 0 Å². The van der Waals surface area contributed by atoms with Crippen LogP contribution in [0.2, 0.25) is 0 Å². The van der Waals surface area contributed by atoms with E-state index in [9.17, 15) is 4.79 Å². The molecule has 0 spiro atoms. The van der Waals surface area contributed by atoms with Crippen molar-refractivity contribution in [3.8, 4) is 5.75 Å². The Hall–Kier alpha value is -2.60. The highest BCUT2D eigenvalue weighted by Crippen LogP contribution is 2.16. The fraction of sp³-hybridized carbons (Fsp3) is 0.294. The second-order valence-corrected chi connectivity index (χ2v) is 5.34. The monoisotopic (exact) mass is 314 g/mol. The van der Waals surface area contributed by atoms with Crippen molar-refractivity contribution in [2.45, 2.75) is 0 Å². The summed E-state index contributed by atoms with van der Waals surface area (Å²) < 4.78 is 5.10. The number of aromatic nitrogens is 1. The van der Waals surface area contributed by atoms with Crippen molar-refractivity contribution in [2.24, 2.45) is 0 Å². The Bertz CT molecular complexity index is 641. The lowest BCUT2D eigenvalue weighted by atomic mass is 10.2. The lowest BCUT2D eigenvalue weighted by molar-refractivity contribution is 0.102. The smallest absolute Gasteiger partial charge is 0.255 e. The van der Waals surface area contributed by atoms with Gasteiger partial charge in [-0.15, -0.1) is 0 Å². The van der Waals surface area contributed by atoms with E-state index >= 15 is 0 Å². The molecule has 0 saturated carbocycles. The van der Waals surface area contributed by atoms with Crippen molar-refractivity contribution in [1.82, 2.24) is 9.88 Å². The molecule has 0 bridgehead atoms. The van der Waals surface area contributed by atoms with Crippen LogP contribution in [0.4, 0.5) is 11.5 Å². The highest BCUT2D eigenvalue weighted by atomic mass is 16.5. The molecule has 0 saturated heterocycles. The maximum absolute atomic E-state index is 12.3. The van der Waals surface area contributed by atoms with Crippen LogP contribution >= 0.6 is 0 Å². The summed E-state index contributed by atoms with van der Waals surface area (Å²) in [6.45, 7) is 1.66. The number of anilines is 2. The molecule has 0 fully saturated rings. The van der Waals surface area contributed by atoms with E-state index in [0.29, 0.717) is 11.4 Å². The van der Waals surface area contributed by atoms with Crippen LogP contribution in [0, 0.1) is 0 Å². The molecule has 23 heavy (non-hydrogen) atoms. The number of benzene rings is 1. The van der Waals surface area contributed by atoms with Crippen LogP contribution in [-0.4, -0.2) is 50.1 Å². The summed E-state index contributed by atoms with van der Waals surface area (Å²) in [6.07, 6.45) is 1.63. The summed E-state index contributed by atoms with van der Waals surface area (Å²) in [5.74, 6) is 1.27. The van der Waals surface area contributed by atoms with E-state index in [0.717, 1.165) is 24.5 Å². The Morgan fingerprint density at radius 2 is 1.96 bits per heavy atom. The number of likely N-dealkylation sites (N-methyl/N-ethyl adjacent to an activating group) is 1. The minimum absolute atomic E-state index is 0.173. The van der Waals surface area contributed by atoms with Gasteiger partial charge in [-0.3, -0.25) is 4.79 Å². The average molecular weight is 314 g/mol. The molecule has 1 heterocycles. The number of hydrogen-bond donors (Lipinski definition) is 2. The molecule has 1 aromatic carbocycles. The summed E-state index contributed by atoms with van der Waals surface area (Å²) in [5, 5.41) is 6.05. The molecule has 0 radical (unpaired) electrons. The van der Waals surface area contributed by atoms with Crippen molar-refractivity contribution in [3.63, 3.8) is 0 Å². The molecule has 0 aliphatic heterocycles. The lowest BCUT2D eigenvalue weighted by Gasteiger charge is -2.11. The van der Waals surface area contributed by atoms with Gasteiger partial charge in [0.05, 0.1) is 7.11 Å².